The number of para-hydroxylation sites is 2. The standard InChI is InChI=1S/C25H21N5O2/c1-15(2)30-25(32)19-11-4-3-10-18(19)22(29-30)24(31)26-17-9-7-8-16(14-17)23-27-20-12-5-6-13-21(20)28-23/h3-15H,1-2H3,(H,26,31)(H,27,28). The number of aromatic nitrogens is 4. The molecule has 0 radical (unpaired) electrons. The van der Waals surface area contributed by atoms with Gasteiger partial charge in [-0.25, -0.2) is 9.67 Å². The number of carbonyl (C=O) groups excluding carboxylic acids is 1. The van der Waals surface area contributed by atoms with Crippen LogP contribution in [0.25, 0.3) is 33.2 Å². The average Bonchev–Trinajstić information content (AvgIpc) is 3.24. The van der Waals surface area contributed by atoms with Crippen LogP contribution in [0.15, 0.2) is 77.6 Å². The first-order chi connectivity index (χ1) is 15.5. The summed E-state index contributed by atoms with van der Waals surface area (Å²) >= 11 is 0. The van der Waals surface area contributed by atoms with Crippen molar-refractivity contribution >= 4 is 33.4 Å². The molecule has 2 aromatic heterocycles. The molecule has 7 heteroatoms. The Morgan fingerprint density at radius 3 is 2.50 bits per heavy atom. The van der Waals surface area contributed by atoms with Gasteiger partial charge in [0.05, 0.1) is 22.5 Å². The number of amides is 1. The van der Waals surface area contributed by atoms with E-state index in [2.05, 4.69) is 20.4 Å². The van der Waals surface area contributed by atoms with Crippen molar-refractivity contribution < 1.29 is 4.79 Å². The second kappa shape index (κ2) is 7.77. The Balaban J connectivity index is 1.52. The second-order valence-electron chi connectivity index (χ2n) is 7.88. The van der Waals surface area contributed by atoms with Crippen LogP contribution in [0.1, 0.15) is 30.4 Å². The number of imidazole rings is 1. The van der Waals surface area contributed by atoms with E-state index in [-0.39, 0.29) is 23.2 Å². The Kier molecular flexibility index (Phi) is 4.78. The lowest BCUT2D eigenvalue weighted by Gasteiger charge is -2.13. The minimum absolute atomic E-state index is 0.171. The highest BCUT2D eigenvalue weighted by Gasteiger charge is 2.18. The molecular formula is C25H21N5O2. The third-order valence-corrected chi connectivity index (χ3v) is 5.32. The molecule has 5 aromatic rings. The largest absolute Gasteiger partial charge is 0.338 e. The number of aromatic amines is 1. The summed E-state index contributed by atoms with van der Waals surface area (Å²) in [4.78, 5) is 33.9. The van der Waals surface area contributed by atoms with Crippen LogP contribution in [0.4, 0.5) is 5.69 Å². The summed E-state index contributed by atoms with van der Waals surface area (Å²) in [6, 6.07) is 22.1. The fourth-order valence-electron chi connectivity index (χ4n) is 3.75. The zero-order valence-corrected chi connectivity index (χ0v) is 17.7. The lowest BCUT2D eigenvalue weighted by Crippen LogP contribution is -2.28. The van der Waals surface area contributed by atoms with E-state index in [1.54, 1.807) is 24.3 Å². The van der Waals surface area contributed by atoms with E-state index >= 15 is 0 Å². The molecule has 1 amide bonds. The van der Waals surface area contributed by atoms with Crippen molar-refractivity contribution in [2.45, 2.75) is 19.9 Å². The molecule has 0 spiro atoms. The summed E-state index contributed by atoms with van der Waals surface area (Å²) in [6.45, 7) is 3.73. The summed E-state index contributed by atoms with van der Waals surface area (Å²) < 4.78 is 1.35. The monoisotopic (exact) mass is 423 g/mol. The smallest absolute Gasteiger partial charge is 0.276 e. The van der Waals surface area contributed by atoms with Gasteiger partial charge < -0.3 is 10.3 Å². The third kappa shape index (κ3) is 3.43. The first-order valence-corrected chi connectivity index (χ1v) is 10.4. The maximum absolute atomic E-state index is 13.2. The van der Waals surface area contributed by atoms with Crippen LogP contribution in [0.5, 0.6) is 0 Å². The van der Waals surface area contributed by atoms with Crippen LogP contribution < -0.4 is 10.9 Å². The predicted molar refractivity (Wildman–Crippen MR) is 126 cm³/mol. The summed E-state index contributed by atoms with van der Waals surface area (Å²) in [5.41, 5.74) is 3.29. The van der Waals surface area contributed by atoms with Crippen molar-refractivity contribution in [1.82, 2.24) is 19.7 Å². The molecular weight excluding hydrogens is 402 g/mol. The molecule has 0 bridgehead atoms. The van der Waals surface area contributed by atoms with Crippen LogP contribution in [-0.4, -0.2) is 25.7 Å². The Morgan fingerprint density at radius 1 is 0.969 bits per heavy atom. The quantitative estimate of drug-likeness (QED) is 0.435. The van der Waals surface area contributed by atoms with Gasteiger partial charge in [-0.15, -0.1) is 0 Å². The minimum Gasteiger partial charge on any atom is -0.338 e. The maximum atomic E-state index is 13.2. The number of hydrogen-bond donors (Lipinski definition) is 2. The molecule has 0 atom stereocenters. The van der Waals surface area contributed by atoms with E-state index in [1.165, 1.54) is 4.68 Å². The molecule has 2 heterocycles. The number of hydrogen-bond acceptors (Lipinski definition) is 4. The van der Waals surface area contributed by atoms with Gasteiger partial charge >= 0.3 is 0 Å². The minimum atomic E-state index is -0.377. The average molecular weight is 423 g/mol. The van der Waals surface area contributed by atoms with E-state index in [1.807, 2.05) is 62.4 Å². The van der Waals surface area contributed by atoms with Crippen molar-refractivity contribution in [2.75, 3.05) is 5.32 Å². The zero-order chi connectivity index (χ0) is 22.2. The number of H-pyrrole nitrogens is 1. The topological polar surface area (TPSA) is 92.7 Å². The summed E-state index contributed by atoms with van der Waals surface area (Å²) in [5.74, 6) is 0.344. The van der Waals surface area contributed by atoms with Crippen LogP contribution in [-0.2, 0) is 0 Å². The van der Waals surface area contributed by atoms with Crippen molar-refractivity contribution in [2.24, 2.45) is 0 Å². The number of nitrogens with one attached hydrogen (secondary N) is 2. The Morgan fingerprint density at radius 2 is 1.72 bits per heavy atom. The highest BCUT2D eigenvalue weighted by atomic mass is 16.2. The molecule has 0 aliphatic carbocycles. The summed E-state index contributed by atoms with van der Waals surface area (Å²) in [7, 11) is 0. The molecule has 0 saturated heterocycles. The fraction of sp³-hybridized carbons (Fsp3) is 0.120. The van der Waals surface area contributed by atoms with Gasteiger partial charge in [-0.2, -0.15) is 5.10 Å². The van der Waals surface area contributed by atoms with E-state index in [9.17, 15) is 9.59 Å². The molecule has 0 aliphatic heterocycles. The highest BCUT2D eigenvalue weighted by Crippen LogP contribution is 2.24. The van der Waals surface area contributed by atoms with Crippen molar-refractivity contribution in [1.29, 1.82) is 0 Å². The van der Waals surface area contributed by atoms with Crippen molar-refractivity contribution in [3.63, 3.8) is 0 Å². The van der Waals surface area contributed by atoms with E-state index in [0.29, 0.717) is 16.5 Å². The molecule has 158 valence electrons. The second-order valence-corrected chi connectivity index (χ2v) is 7.88. The number of benzene rings is 3. The molecule has 2 N–H and O–H groups in total. The van der Waals surface area contributed by atoms with Crippen LogP contribution in [0.3, 0.4) is 0 Å². The van der Waals surface area contributed by atoms with Crippen molar-refractivity contribution in [3.8, 4) is 11.4 Å². The van der Waals surface area contributed by atoms with Crippen LogP contribution in [0, 0.1) is 0 Å². The normalized spacial score (nSPS) is 11.3. The first kappa shape index (κ1) is 19.7. The molecule has 7 nitrogen and oxygen atoms in total. The van der Waals surface area contributed by atoms with Gasteiger partial charge in [0.25, 0.3) is 11.5 Å². The fourth-order valence-corrected chi connectivity index (χ4v) is 3.75. The number of fused-ring (bicyclic) bond motifs is 2. The van der Waals surface area contributed by atoms with Gasteiger partial charge in [-0.3, -0.25) is 9.59 Å². The highest BCUT2D eigenvalue weighted by molar-refractivity contribution is 6.11. The number of carbonyl (C=O) groups is 1. The Bertz CT molecular complexity index is 1500. The summed E-state index contributed by atoms with van der Waals surface area (Å²) in [5, 5.41) is 8.30. The van der Waals surface area contributed by atoms with Gasteiger partial charge in [0.15, 0.2) is 5.69 Å². The molecule has 3 aromatic carbocycles. The van der Waals surface area contributed by atoms with Gasteiger partial charge in [0.2, 0.25) is 0 Å². The number of rotatable bonds is 4. The molecule has 0 aliphatic rings. The van der Waals surface area contributed by atoms with Gasteiger partial charge in [0, 0.05) is 16.6 Å². The van der Waals surface area contributed by atoms with E-state index < -0.39 is 0 Å². The Labute approximate surface area is 183 Å². The van der Waals surface area contributed by atoms with E-state index in [4.69, 9.17) is 0 Å². The zero-order valence-electron chi connectivity index (χ0n) is 17.7. The van der Waals surface area contributed by atoms with Crippen LogP contribution in [0.2, 0.25) is 0 Å². The summed E-state index contributed by atoms with van der Waals surface area (Å²) in [6.07, 6.45) is 0. The van der Waals surface area contributed by atoms with Crippen molar-refractivity contribution in [3.05, 3.63) is 88.8 Å². The molecule has 0 saturated carbocycles. The van der Waals surface area contributed by atoms with Gasteiger partial charge in [-0.05, 0) is 44.2 Å². The molecule has 0 fully saturated rings. The van der Waals surface area contributed by atoms with Gasteiger partial charge in [0.1, 0.15) is 5.82 Å². The molecule has 32 heavy (non-hydrogen) atoms. The van der Waals surface area contributed by atoms with Crippen LogP contribution >= 0.6 is 0 Å². The maximum Gasteiger partial charge on any atom is 0.276 e. The van der Waals surface area contributed by atoms with Gasteiger partial charge in [-0.1, -0.05) is 42.5 Å². The number of anilines is 1. The molecule has 5 rings (SSSR count). The number of nitrogens with zero attached hydrogens (tertiary/aromatic N) is 3. The third-order valence-electron chi connectivity index (χ3n) is 5.32. The lowest BCUT2D eigenvalue weighted by atomic mass is 10.1. The first-order valence-electron chi connectivity index (χ1n) is 10.4. The lowest BCUT2D eigenvalue weighted by molar-refractivity contribution is 0.102. The molecule has 0 unspecified atom stereocenters. The predicted octanol–water partition coefficient (Wildman–Crippen LogP) is 4.77. The SMILES string of the molecule is CC(C)n1nc(C(=O)Nc2cccc(-c3nc4ccccc4[nH]3)c2)c2ccccc2c1=O. The Hall–Kier alpha value is -4.26. The van der Waals surface area contributed by atoms with E-state index in [0.717, 1.165) is 22.4 Å².